The third-order valence-electron chi connectivity index (χ3n) is 4.20. The molecule has 0 aliphatic carbocycles. The van der Waals surface area contributed by atoms with Crippen LogP contribution in [-0.4, -0.2) is 46.3 Å². The fourth-order valence-electron chi connectivity index (χ4n) is 3.04. The summed E-state index contributed by atoms with van der Waals surface area (Å²) >= 11 is 0. The Morgan fingerprint density at radius 3 is 2.48 bits per heavy atom. The van der Waals surface area contributed by atoms with Crippen LogP contribution in [0.4, 0.5) is 0 Å². The van der Waals surface area contributed by atoms with E-state index in [0.29, 0.717) is 6.04 Å². The summed E-state index contributed by atoms with van der Waals surface area (Å²) in [4.78, 5) is 15.0. The van der Waals surface area contributed by atoms with Crippen molar-refractivity contribution in [1.29, 1.82) is 0 Å². The molecule has 1 saturated heterocycles. The summed E-state index contributed by atoms with van der Waals surface area (Å²) < 4.78 is 1.80. The third-order valence-corrected chi connectivity index (χ3v) is 4.20. The van der Waals surface area contributed by atoms with E-state index in [4.69, 9.17) is 0 Å². The van der Waals surface area contributed by atoms with E-state index in [9.17, 15) is 4.79 Å². The lowest BCUT2D eigenvalue weighted by atomic mass is 10.0. The van der Waals surface area contributed by atoms with Crippen molar-refractivity contribution in [2.75, 3.05) is 19.6 Å². The van der Waals surface area contributed by atoms with Gasteiger partial charge in [-0.25, -0.2) is 0 Å². The van der Waals surface area contributed by atoms with E-state index in [1.165, 1.54) is 0 Å². The van der Waals surface area contributed by atoms with Gasteiger partial charge in [0.25, 0.3) is 5.91 Å². The Morgan fingerprint density at radius 1 is 1.38 bits per heavy atom. The zero-order valence-corrected chi connectivity index (χ0v) is 14.3. The molecular weight excluding hydrogens is 288 g/mol. The monoisotopic (exact) mass is 314 g/mol. The Balaban J connectivity index is 0.00000220. The van der Waals surface area contributed by atoms with Crippen LogP contribution in [0.2, 0.25) is 0 Å². The number of carbonyl (C=O) groups excluding carboxylic acids is 1. The highest BCUT2D eigenvalue weighted by molar-refractivity contribution is 5.96. The molecule has 0 aromatic carbocycles. The number of halogens is 1. The maximum atomic E-state index is 12.9. The highest BCUT2D eigenvalue weighted by Gasteiger charge is 2.28. The van der Waals surface area contributed by atoms with Gasteiger partial charge in [0.15, 0.2) is 0 Å². The maximum absolute atomic E-state index is 12.9. The number of nitrogens with zero attached hydrogens (tertiary/aromatic N) is 3. The lowest BCUT2D eigenvalue weighted by Crippen LogP contribution is -2.46. The SMILES string of the molecule is CCCN(C(=O)c1c(C)nn(C)c1C)C1CCNCC1.Cl. The number of nitrogens with one attached hydrogen (secondary N) is 1. The molecule has 5 nitrogen and oxygen atoms in total. The second-order valence-corrected chi connectivity index (χ2v) is 5.65. The van der Waals surface area contributed by atoms with Crippen molar-refractivity contribution < 1.29 is 4.79 Å². The first-order chi connectivity index (χ1) is 9.56. The van der Waals surface area contributed by atoms with Crippen molar-refractivity contribution in [3.8, 4) is 0 Å². The molecule has 0 unspecified atom stereocenters. The smallest absolute Gasteiger partial charge is 0.257 e. The number of amides is 1. The fourth-order valence-corrected chi connectivity index (χ4v) is 3.04. The lowest BCUT2D eigenvalue weighted by Gasteiger charge is -2.34. The predicted octanol–water partition coefficient (Wildman–Crippen LogP) is 2.06. The van der Waals surface area contributed by atoms with E-state index in [1.807, 2.05) is 20.9 Å². The molecule has 0 atom stereocenters. The van der Waals surface area contributed by atoms with E-state index in [2.05, 4.69) is 22.2 Å². The van der Waals surface area contributed by atoms with Crippen LogP contribution < -0.4 is 5.32 Å². The molecule has 1 aliphatic heterocycles. The van der Waals surface area contributed by atoms with Crippen LogP contribution in [0.1, 0.15) is 47.9 Å². The van der Waals surface area contributed by atoms with Gasteiger partial charge in [0.2, 0.25) is 0 Å². The molecule has 1 fully saturated rings. The zero-order valence-electron chi connectivity index (χ0n) is 13.5. The summed E-state index contributed by atoms with van der Waals surface area (Å²) in [7, 11) is 1.90. The summed E-state index contributed by atoms with van der Waals surface area (Å²) in [5, 5.41) is 7.74. The topological polar surface area (TPSA) is 50.2 Å². The van der Waals surface area contributed by atoms with Crippen LogP contribution in [0, 0.1) is 13.8 Å². The van der Waals surface area contributed by atoms with Crippen molar-refractivity contribution in [1.82, 2.24) is 20.0 Å². The van der Waals surface area contributed by atoms with Crippen LogP contribution in [0.3, 0.4) is 0 Å². The fraction of sp³-hybridized carbons (Fsp3) is 0.733. The van der Waals surface area contributed by atoms with Gasteiger partial charge in [0.05, 0.1) is 11.3 Å². The summed E-state index contributed by atoms with van der Waals surface area (Å²) in [6, 6.07) is 0.364. The van der Waals surface area contributed by atoms with E-state index >= 15 is 0 Å². The Labute approximate surface area is 133 Å². The molecule has 1 amide bonds. The molecule has 0 spiro atoms. The van der Waals surface area contributed by atoms with E-state index in [0.717, 1.165) is 55.8 Å². The summed E-state index contributed by atoms with van der Waals surface area (Å²) in [6.07, 6.45) is 3.09. The molecule has 1 aromatic heterocycles. The molecule has 0 saturated carbocycles. The summed E-state index contributed by atoms with van der Waals surface area (Å²) in [5.41, 5.74) is 2.59. The van der Waals surface area contributed by atoms with Crippen molar-refractivity contribution in [3.05, 3.63) is 17.0 Å². The summed E-state index contributed by atoms with van der Waals surface area (Å²) in [6.45, 7) is 8.86. The number of piperidine rings is 1. The third kappa shape index (κ3) is 3.77. The Bertz CT molecular complexity index is 480. The van der Waals surface area contributed by atoms with Gasteiger partial charge in [-0.2, -0.15) is 5.10 Å². The van der Waals surface area contributed by atoms with Gasteiger partial charge in [0.1, 0.15) is 0 Å². The minimum Gasteiger partial charge on any atom is -0.335 e. The van der Waals surface area contributed by atoms with Gasteiger partial charge < -0.3 is 10.2 Å². The first-order valence-corrected chi connectivity index (χ1v) is 7.58. The normalized spacial score (nSPS) is 15.6. The van der Waals surface area contributed by atoms with Crippen molar-refractivity contribution >= 4 is 18.3 Å². The molecule has 0 bridgehead atoms. The number of hydrogen-bond donors (Lipinski definition) is 1. The van der Waals surface area contributed by atoms with E-state index in [1.54, 1.807) is 4.68 Å². The molecule has 0 radical (unpaired) electrons. The molecule has 2 heterocycles. The number of carbonyl (C=O) groups is 1. The minimum atomic E-state index is 0. The van der Waals surface area contributed by atoms with Crippen molar-refractivity contribution in [2.45, 2.75) is 46.1 Å². The predicted molar refractivity (Wildman–Crippen MR) is 87.1 cm³/mol. The standard InChI is InChI=1S/C15H26N4O.ClH/c1-5-10-19(13-6-8-16-9-7-13)15(20)14-11(2)17-18(4)12(14)3;/h13,16H,5-10H2,1-4H3;1H. The quantitative estimate of drug-likeness (QED) is 0.925. The van der Waals surface area contributed by atoms with Crippen LogP contribution in [-0.2, 0) is 7.05 Å². The zero-order chi connectivity index (χ0) is 14.7. The minimum absolute atomic E-state index is 0. The molecular formula is C15H27ClN4O. The van der Waals surface area contributed by atoms with Crippen molar-refractivity contribution in [2.24, 2.45) is 7.05 Å². The first kappa shape index (κ1) is 18.0. The number of aryl methyl sites for hydroxylation is 2. The highest BCUT2D eigenvalue weighted by atomic mass is 35.5. The first-order valence-electron chi connectivity index (χ1n) is 7.58. The van der Waals surface area contributed by atoms with Gasteiger partial charge in [-0.15, -0.1) is 12.4 Å². The molecule has 120 valence electrons. The van der Waals surface area contributed by atoms with Crippen LogP contribution in [0.15, 0.2) is 0 Å². The van der Waals surface area contributed by atoms with E-state index < -0.39 is 0 Å². The van der Waals surface area contributed by atoms with Crippen LogP contribution in [0.25, 0.3) is 0 Å². The molecule has 2 rings (SSSR count). The highest BCUT2D eigenvalue weighted by Crippen LogP contribution is 2.20. The van der Waals surface area contributed by atoms with Gasteiger partial charge in [0, 0.05) is 25.3 Å². The lowest BCUT2D eigenvalue weighted by molar-refractivity contribution is 0.0641. The average molecular weight is 315 g/mol. The van der Waals surface area contributed by atoms with Gasteiger partial charge in [-0.3, -0.25) is 9.48 Å². The van der Waals surface area contributed by atoms with Crippen molar-refractivity contribution in [3.63, 3.8) is 0 Å². The number of aromatic nitrogens is 2. The second kappa shape index (κ2) is 7.80. The number of rotatable bonds is 4. The van der Waals surface area contributed by atoms with Gasteiger partial charge in [-0.05, 0) is 46.2 Å². The molecule has 6 heteroatoms. The van der Waals surface area contributed by atoms with E-state index in [-0.39, 0.29) is 18.3 Å². The molecule has 1 aromatic rings. The Hall–Kier alpha value is -1.07. The van der Waals surface area contributed by atoms with Crippen LogP contribution >= 0.6 is 12.4 Å². The van der Waals surface area contributed by atoms with Crippen LogP contribution in [0.5, 0.6) is 0 Å². The summed E-state index contributed by atoms with van der Waals surface area (Å²) in [5.74, 6) is 0.154. The van der Waals surface area contributed by atoms with Gasteiger partial charge in [-0.1, -0.05) is 6.92 Å². The number of hydrogen-bond acceptors (Lipinski definition) is 3. The average Bonchev–Trinajstić information content (AvgIpc) is 2.70. The molecule has 1 aliphatic rings. The van der Waals surface area contributed by atoms with Gasteiger partial charge >= 0.3 is 0 Å². The maximum Gasteiger partial charge on any atom is 0.257 e. The largest absolute Gasteiger partial charge is 0.335 e. The Morgan fingerprint density at radius 2 is 2.00 bits per heavy atom. The Kier molecular flexibility index (Phi) is 6.68. The second-order valence-electron chi connectivity index (χ2n) is 5.65. The molecule has 1 N–H and O–H groups in total. The molecule has 21 heavy (non-hydrogen) atoms.